The highest BCUT2D eigenvalue weighted by molar-refractivity contribution is 6.32. The molecule has 2 fully saturated rings. The molecule has 4 unspecified atom stereocenters. The van der Waals surface area contributed by atoms with E-state index in [0.717, 1.165) is 30.8 Å². The van der Waals surface area contributed by atoms with E-state index in [-0.39, 0.29) is 17.9 Å². The van der Waals surface area contributed by atoms with Crippen molar-refractivity contribution < 1.29 is 4.79 Å². The van der Waals surface area contributed by atoms with Gasteiger partial charge in [-0.1, -0.05) is 23.7 Å². The summed E-state index contributed by atoms with van der Waals surface area (Å²) in [6.07, 6.45) is 9.45. The zero-order chi connectivity index (χ0) is 25.6. The van der Waals surface area contributed by atoms with Gasteiger partial charge in [0.15, 0.2) is 5.82 Å². The molecule has 1 aromatic carbocycles. The van der Waals surface area contributed by atoms with E-state index in [1.165, 1.54) is 6.33 Å². The molecule has 4 aromatic heterocycles. The molecule has 0 radical (unpaired) electrons. The van der Waals surface area contributed by atoms with Crippen LogP contribution in [0.1, 0.15) is 41.4 Å². The summed E-state index contributed by atoms with van der Waals surface area (Å²) in [7, 11) is 0. The van der Waals surface area contributed by atoms with Crippen molar-refractivity contribution in [3.8, 4) is 17.2 Å². The van der Waals surface area contributed by atoms with Gasteiger partial charge in [-0.2, -0.15) is 0 Å². The minimum absolute atomic E-state index is 0.0251. The average molecular weight is 523 g/mol. The Morgan fingerprint density at radius 1 is 0.921 bits per heavy atom. The Balaban J connectivity index is 1.24. The third kappa shape index (κ3) is 3.73. The molecule has 9 nitrogen and oxygen atoms in total. The van der Waals surface area contributed by atoms with E-state index in [9.17, 15) is 4.79 Å². The molecule has 0 spiro atoms. The molecule has 38 heavy (non-hydrogen) atoms. The number of nitrogens with zero attached hydrogens (tertiary/aromatic N) is 7. The number of nitrogens with one attached hydrogen (secondary N) is 1. The minimum atomic E-state index is -0.123. The van der Waals surface area contributed by atoms with Gasteiger partial charge in [-0.25, -0.2) is 9.97 Å². The highest BCUT2D eigenvalue weighted by atomic mass is 35.5. The maximum absolute atomic E-state index is 13.4. The van der Waals surface area contributed by atoms with Gasteiger partial charge >= 0.3 is 0 Å². The zero-order valence-electron chi connectivity index (χ0n) is 20.3. The molecule has 2 saturated carbocycles. The number of fused-ring (bicyclic) bond motifs is 2. The monoisotopic (exact) mass is 522 g/mol. The first kappa shape index (κ1) is 22.9. The summed E-state index contributed by atoms with van der Waals surface area (Å²) in [5, 5.41) is 13.2. The predicted molar refractivity (Wildman–Crippen MR) is 142 cm³/mol. The normalized spacial score (nSPS) is 22.1. The first-order chi connectivity index (χ1) is 18.7. The highest BCUT2D eigenvalue weighted by Gasteiger charge is 2.51. The SMILES string of the molecule is O=C(NC1CC(c2nnc(-c3ccncn3)n2-c2ccccc2Cl)C2CCC12)c1ccnc2cccnc12. The van der Waals surface area contributed by atoms with Crippen LogP contribution in [-0.4, -0.2) is 46.6 Å². The average Bonchev–Trinajstić information content (AvgIpc) is 3.46. The lowest BCUT2D eigenvalue weighted by Crippen LogP contribution is -2.41. The van der Waals surface area contributed by atoms with Crippen LogP contribution < -0.4 is 5.32 Å². The van der Waals surface area contributed by atoms with Gasteiger partial charge in [0.2, 0.25) is 0 Å². The number of carbonyl (C=O) groups is 1. The molecule has 10 heteroatoms. The lowest BCUT2D eigenvalue weighted by atomic mass is 9.71. The number of carbonyl (C=O) groups excluding carboxylic acids is 1. The maximum atomic E-state index is 13.4. The van der Waals surface area contributed by atoms with Gasteiger partial charge in [0, 0.05) is 30.6 Å². The number of rotatable bonds is 5. The van der Waals surface area contributed by atoms with Gasteiger partial charge < -0.3 is 5.32 Å². The fourth-order valence-electron chi connectivity index (χ4n) is 6.04. The summed E-state index contributed by atoms with van der Waals surface area (Å²) >= 11 is 6.67. The lowest BCUT2D eigenvalue weighted by molar-refractivity contribution is 0.0901. The number of pyridine rings is 2. The molecule has 7 rings (SSSR count). The van der Waals surface area contributed by atoms with Crippen LogP contribution >= 0.6 is 11.6 Å². The number of hydrogen-bond donors (Lipinski definition) is 1. The molecule has 1 amide bonds. The van der Waals surface area contributed by atoms with Gasteiger partial charge in [-0.3, -0.25) is 19.3 Å². The molecule has 0 saturated heterocycles. The summed E-state index contributed by atoms with van der Waals surface area (Å²) < 4.78 is 2.02. The van der Waals surface area contributed by atoms with Gasteiger partial charge in [0.1, 0.15) is 23.4 Å². The van der Waals surface area contributed by atoms with E-state index in [4.69, 9.17) is 11.6 Å². The molecule has 2 aliphatic carbocycles. The molecule has 1 N–H and O–H groups in total. The number of amides is 1. The molecule has 188 valence electrons. The van der Waals surface area contributed by atoms with E-state index in [2.05, 4.69) is 35.5 Å². The van der Waals surface area contributed by atoms with Crippen molar-refractivity contribution in [2.24, 2.45) is 11.8 Å². The largest absolute Gasteiger partial charge is 0.349 e. The smallest absolute Gasteiger partial charge is 0.253 e. The standard InChI is InChI=1S/C28H23ClN8O/c29-20-4-1-2-6-24(20)37-26(35-36-27(37)22-10-12-30-15-33-22)19-14-23(17-8-7-16(17)19)34-28(38)18-9-13-31-21-5-3-11-32-25(18)21/h1-6,9-13,15-17,19,23H,7-8,14H2,(H,34,38). The molecule has 4 atom stereocenters. The second-order valence-corrected chi connectivity index (χ2v) is 10.2. The number of halogens is 1. The molecule has 5 aromatic rings. The van der Waals surface area contributed by atoms with Crippen LogP contribution in [0.3, 0.4) is 0 Å². The molecule has 0 aliphatic heterocycles. The third-order valence-corrected chi connectivity index (χ3v) is 8.23. The lowest BCUT2D eigenvalue weighted by Gasteiger charge is -2.36. The second kappa shape index (κ2) is 9.25. The fourth-order valence-corrected chi connectivity index (χ4v) is 6.26. The summed E-state index contributed by atoms with van der Waals surface area (Å²) in [4.78, 5) is 30.6. The van der Waals surface area contributed by atoms with Crippen LogP contribution in [0.5, 0.6) is 0 Å². The van der Waals surface area contributed by atoms with Crippen molar-refractivity contribution in [1.82, 2.24) is 40.0 Å². The van der Waals surface area contributed by atoms with Gasteiger partial charge in [0.25, 0.3) is 5.91 Å². The van der Waals surface area contributed by atoms with Crippen LogP contribution in [0.4, 0.5) is 0 Å². The van der Waals surface area contributed by atoms with E-state index in [1.54, 1.807) is 24.7 Å². The number of hydrogen-bond acceptors (Lipinski definition) is 7. The number of para-hydroxylation sites is 1. The Kier molecular flexibility index (Phi) is 5.58. The van der Waals surface area contributed by atoms with Gasteiger partial charge in [0.05, 0.1) is 21.8 Å². The second-order valence-electron chi connectivity index (χ2n) is 9.82. The quantitative estimate of drug-likeness (QED) is 0.358. The van der Waals surface area contributed by atoms with Crippen molar-refractivity contribution in [3.05, 3.63) is 89.9 Å². The zero-order valence-corrected chi connectivity index (χ0v) is 21.0. The molecular formula is C28H23ClN8O. The van der Waals surface area contributed by atoms with Crippen molar-refractivity contribution in [3.63, 3.8) is 0 Å². The van der Waals surface area contributed by atoms with E-state index in [1.807, 2.05) is 47.0 Å². The van der Waals surface area contributed by atoms with Crippen LogP contribution in [0.25, 0.3) is 28.2 Å². The Bertz CT molecular complexity index is 1650. The van der Waals surface area contributed by atoms with Crippen LogP contribution in [0, 0.1) is 11.8 Å². The van der Waals surface area contributed by atoms with Gasteiger partial charge in [-0.15, -0.1) is 10.2 Å². The van der Waals surface area contributed by atoms with Crippen molar-refractivity contribution in [1.29, 1.82) is 0 Å². The first-order valence-corrected chi connectivity index (χ1v) is 13.0. The van der Waals surface area contributed by atoms with E-state index in [0.29, 0.717) is 45.0 Å². The van der Waals surface area contributed by atoms with Gasteiger partial charge in [-0.05, 0) is 67.5 Å². The number of benzene rings is 1. The summed E-state index contributed by atoms with van der Waals surface area (Å²) in [5.74, 6) is 2.23. The topological polar surface area (TPSA) is 111 Å². The molecule has 0 bridgehead atoms. The Morgan fingerprint density at radius 2 is 1.82 bits per heavy atom. The fraction of sp³-hybridized carbons (Fsp3) is 0.250. The highest BCUT2D eigenvalue weighted by Crippen LogP contribution is 2.55. The predicted octanol–water partition coefficient (Wildman–Crippen LogP) is 4.63. The van der Waals surface area contributed by atoms with E-state index >= 15 is 0 Å². The van der Waals surface area contributed by atoms with Crippen molar-refractivity contribution in [2.75, 3.05) is 0 Å². The van der Waals surface area contributed by atoms with Crippen molar-refractivity contribution >= 4 is 28.5 Å². The van der Waals surface area contributed by atoms with Crippen LogP contribution in [-0.2, 0) is 0 Å². The van der Waals surface area contributed by atoms with Crippen LogP contribution in [0.2, 0.25) is 5.02 Å². The Hall–Kier alpha value is -4.24. The molecule has 2 aliphatic rings. The van der Waals surface area contributed by atoms with E-state index < -0.39 is 0 Å². The van der Waals surface area contributed by atoms with Crippen LogP contribution in [0.15, 0.2) is 73.4 Å². The third-order valence-electron chi connectivity index (χ3n) is 7.91. The Morgan fingerprint density at radius 3 is 2.63 bits per heavy atom. The Labute approximate surface area is 223 Å². The summed E-state index contributed by atoms with van der Waals surface area (Å²) in [6.45, 7) is 0. The summed E-state index contributed by atoms with van der Waals surface area (Å²) in [6, 6.07) is 14.9. The first-order valence-electron chi connectivity index (χ1n) is 12.7. The maximum Gasteiger partial charge on any atom is 0.253 e. The number of aromatic nitrogens is 7. The molecule has 4 heterocycles. The van der Waals surface area contributed by atoms with Crippen molar-refractivity contribution in [2.45, 2.75) is 31.2 Å². The molecular weight excluding hydrogens is 500 g/mol. The minimum Gasteiger partial charge on any atom is -0.349 e. The summed E-state index contributed by atoms with van der Waals surface area (Å²) in [5.41, 5.74) is 3.33.